The van der Waals surface area contributed by atoms with Crippen molar-refractivity contribution in [1.82, 2.24) is 10.2 Å². The van der Waals surface area contributed by atoms with Gasteiger partial charge in [-0.1, -0.05) is 6.08 Å². The molecule has 5 heteroatoms. The fourth-order valence-corrected chi connectivity index (χ4v) is 2.78. The third kappa shape index (κ3) is 3.25. The van der Waals surface area contributed by atoms with Gasteiger partial charge in [-0.3, -0.25) is 4.79 Å². The van der Waals surface area contributed by atoms with Crippen LogP contribution in [0.3, 0.4) is 0 Å². The van der Waals surface area contributed by atoms with E-state index >= 15 is 0 Å². The van der Waals surface area contributed by atoms with E-state index in [2.05, 4.69) is 18.8 Å². The normalized spacial score (nSPS) is 18.0. The van der Waals surface area contributed by atoms with Crippen LogP contribution in [0.5, 0.6) is 11.5 Å². The fourth-order valence-electron chi connectivity index (χ4n) is 2.78. The molecule has 0 spiro atoms. The third-order valence-corrected chi connectivity index (χ3v) is 3.93. The van der Waals surface area contributed by atoms with E-state index in [4.69, 9.17) is 9.47 Å². The van der Waals surface area contributed by atoms with Gasteiger partial charge in [0.25, 0.3) is 5.91 Å². The first-order chi connectivity index (χ1) is 10.6. The summed E-state index contributed by atoms with van der Waals surface area (Å²) >= 11 is 0. The van der Waals surface area contributed by atoms with Crippen LogP contribution in [-0.2, 0) is 6.42 Å². The second kappa shape index (κ2) is 7.31. The maximum atomic E-state index is 12.8. The molecule has 1 N–H and O–H groups in total. The van der Waals surface area contributed by atoms with Crippen molar-refractivity contribution in [2.24, 2.45) is 0 Å². The number of nitrogens with zero attached hydrogens (tertiary/aromatic N) is 1. The number of hydrogen-bond donors (Lipinski definition) is 1. The molecule has 0 bridgehead atoms. The molecule has 1 atom stereocenters. The molecular formula is C17H24N2O3. The second-order valence-corrected chi connectivity index (χ2v) is 5.42. The van der Waals surface area contributed by atoms with E-state index in [1.165, 1.54) is 0 Å². The van der Waals surface area contributed by atoms with Crippen LogP contribution in [0.2, 0.25) is 0 Å². The lowest BCUT2D eigenvalue weighted by Crippen LogP contribution is -2.52. The van der Waals surface area contributed by atoms with Gasteiger partial charge >= 0.3 is 0 Å². The van der Waals surface area contributed by atoms with Crippen LogP contribution in [0.1, 0.15) is 22.8 Å². The molecule has 2 rings (SSSR count). The number of benzene rings is 1. The first-order valence-electron chi connectivity index (χ1n) is 7.49. The van der Waals surface area contributed by atoms with E-state index in [1.807, 2.05) is 11.0 Å². The number of rotatable bonds is 5. The molecule has 22 heavy (non-hydrogen) atoms. The molecule has 1 amide bonds. The Morgan fingerprint density at radius 2 is 2.23 bits per heavy atom. The summed E-state index contributed by atoms with van der Waals surface area (Å²) < 4.78 is 10.8. The van der Waals surface area contributed by atoms with Crippen LogP contribution in [0.25, 0.3) is 0 Å². The Kier molecular flexibility index (Phi) is 5.44. The van der Waals surface area contributed by atoms with Crippen molar-refractivity contribution in [2.75, 3.05) is 33.9 Å². The van der Waals surface area contributed by atoms with Gasteiger partial charge < -0.3 is 19.7 Å². The van der Waals surface area contributed by atoms with Crippen molar-refractivity contribution in [1.29, 1.82) is 0 Å². The summed E-state index contributed by atoms with van der Waals surface area (Å²) in [5.74, 6) is 1.26. The highest BCUT2D eigenvalue weighted by molar-refractivity contribution is 5.95. The number of amides is 1. The molecule has 120 valence electrons. The highest BCUT2D eigenvalue weighted by Crippen LogP contribution is 2.33. The summed E-state index contributed by atoms with van der Waals surface area (Å²) in [6, 6.07) is 3.81. The Morgan fingerprint density at radius 3 is 2.82 bits per heavy atom. The summed E-state index contributed by atoms with van der Waals surface area (Å²) in [5, 5.41) is 3.29. The zero-order valence-electron chi connectivity index (χ0n) is 13.5. The Labute approximate surface area is 131 Å². The standard InChI is InChI=1S/C17H24N2O3/c1-5-6-13-9-14(10-15(21-3)16(13)22-4)17(20)19-8-7-18-11-12(19)2/h5,9-10,12,18H,1,6-8,11H2,2-4H3. The Balaban J connectivity index is 2.39. The van der Waals surface area contributed by atoms with Gasteiger partial charge in [-0.15, -0.1) is 6.58 Å². The van der Waals surface area contributed by atoms with Gasteiger partial charge in [0.2, 0.25) is 0 Å². The van der Waals surface area contributed by atoms with E-state index in [0.29, 0.717) is 30.0 Å². The first kappa shape index (κ1) is 16.4. The molecule has 1 fully saturated rings. The van der Waals surface area contributed by atoms with Gasteiger partial charge in [-0.25, -0.2) is 0 Å². The van der Waals surface area contributed by atoms with Crippen LogP contribution in [0.4, 0.5) is 0 Å². The van der Waals surface area contributed by atoms with Crippen molar-refractivity contribution < 1.29 is 14.3 Å². The Bertz CT molecular complexity index is 557. The average molecular weight is 304 g/mol. The van der Waals surface area contributed by atoms with E-state index in [1.54, 1.807) is 26.4 Å². The van der Waals surface area contributed by atoms with Crippen LogP contribution in [0, 0.1) is 0 Å². The Hall–Kier alpha value is -2.01. The van der Waals surface area contributed by atoms with Crippen LogP contribution in [0.15, 0.2) is 24.8 Å². The van der Waals surface area contributed by atoms with Gasteiger partial charge in [0, 0.05) is 36.8 Å². The molecule has 5 nitrogen and oxygen atoms in total. The first-order valence-corrected chi connectivity index (χ1v) is 7.49. The minimum atomic E-state index is 0.0280. The number of piperazine rings is 1. The quantitative estimate of drug-likeness (QED) is 0.844. The third-order valence-electron chi connectivity index (χ3n) is 3.93. The van der Waals surface area contributed by atoms with Gasteiger partial charge in [0.1, 0.15) is 0 Å². The molecule has 1 aliphatic heterocycles. The second-order valence-electron chi connectivity index (χ2n) is 5.42. The lowest BCUT2D eigenvalue weighted by molar-refractivity contribution is 0.0655. The largest absolute Gasteiger partial charge is 0.493 e. The zero-order chi connectivity index (χ0) is 16.1. The van der Waals surface area contributed by atoms with E-state index < -0.39 is 0 Å². The summed E-state index contributed by atoms with van der Waals surface area (Å²) in [5.41, 5.74) is 1.53. The Morgan fingerprint density at radius 1 is 1.45 bits per heavy atom. The summed E-state index contributed by atoms with van der Waals surface area (Å²) in [7, 11) is 3.18. The molecule has 1 aromatic rings. The summed E-state index contributed by atoms with van der Waals surface area (Å²) in [6.45, 7) is 8.17. The van der Waals surface area contributed by atoms with E-state index in [9.17, 15) is 4.79 Å². The predicted molar refractivity (Wildman–Crippen MR) is 86.8 cm³/mol. The fraction of sp³-hybridized carbons (Fsp3) is 0.471. The van der Waals surface area contributed by atoms with E-state index in [0.717, 1.165) is 18.7 Å². The minimum Gasteiger partial charge on any atom is -0.493 e. The van der Waals surface area contributed by atoms with Crippen molar-refractivity contribution in [3.05, 3.63) is 35.9 Å². The number of allylic oxidation sites excluding steroid dienone is 1. The zero-order valence-corrected chi connectivity index (χ0v) is 13.5. The van der Waals surface area contributed by atoms with Crippen LogP contribution in [-0.4, -0.2) is 50.7 Å². The highest BCUT2D eigenvalue weighted by atomic mass is 16.5. The molecule has 0 aliphatic carbocycles. The summed E-state index contributed by atoms with van der Waals surface area (Å²) in [4.78, 5) is 14.7. The van der Waals surface area contributed by atoms with Gasteiger partial charge in [-0.05, 0) is 25.5 Å². The number of methoxy groups -OCH3 is 2. The van der Waals surface area contributed by atoms with Crippen molar-refractivity contribution in [2.45, 2.75) is 19.4 Å². The maximum Gasteiger partial charge on any atom is 0.254 e. The van der Waals surface area contributed by atoms with Gasteiger partial charge in [0.15, 0.2) is 11.5 Å². The number of hydrogen-bond acceptors (Lipinski definition) is 4. The molecule has 1 heterocycles. The molecule has 1 saturated heterocycles. The number of ether oxygens (including phenoxy) is 2. The molecule has 1 unspecified atom stereocenters. The maximum absolute atomic E-state index is 12.8. The molecule has 0 saturated carbocycles. The smallest absolute Gasteiger partial charge is 0.254 e. The van der Waals surface area contributed by atoms with Gasteiger partial charge in [-0.2, -0.15) is 0 Å². The number of nitrogens with one attached hydrogen (secondary N) is 1. The highest BCUT2D eigenvalue weighted by Gasteiger charge is 2.25. The SMILES string of the molecule is C=CCc1cc(C(=O)N2CCNCC2C)cc(OC)c1OC. The minimum absolute atomic E-state index is 0.0280. The van der Waals surface area contributed by atoms with Gasteiger partial charge in [0.05, 0.1) is 14.2 Å². The lowest BCUT2D eigenvalue weighted by atomic mass is 10.0. The molecule has 0 aromatic heterocycles. The van der Waals surface area contributed by atoms with Crippen molar-refractivity contribution >= 4 is 5.91 Å². The topological polar surface area (TPSA) is 50.8 Å². The lowest BCUT2D eigenvalue weighted by Gasteiger charge is -2.34. The molecular weight excluding hydrogens is 280 g/mol. The van der Waals surface area contributed by atoms with E-state index in [-0.39, 0.29) is 11.9 Å². The van der Waals surface area contributed by atoms with Crippen LogP contribution < -0.4 is 14.8 Å². The molecule has 1 aliphatic rings. The summed E-state index contributed by atoms with van der Waals surface area (Å²) in [6.07, 6.45) is 2.41. The average Bonchev–Trinajstić information content (AvgIpc) is 2.54. The molecule has 1 aromatic carbocycles. The van der Waals surface area contributed by atoms with Crippen molar-refractivity contribution in [3.8, 4) is 11.5 Å². The van der Waals surface area contributed by atoms with Crippen LogP contribution >= 0.6 is 0 Å². The number of carbonyl (C=O) groups is 1. The predicted octanol–water partition coefficient (Wildman–Crippen LogP) is 1.87. The molecule has 0 radical (unpaired) electrons. The number of carbonyl (C=O) groups excluding carboxylic acids is 1. The van der Waals surface area contributed by atoms with Crippen molar-refractivity contribution in [3.63, 3.8) is 0 Å². The monoisotopic (exact) mass is 304 g/mol.